The number of fused-ring (bicyclic) bond motifs is 2. The molecule has 136 valence electrons. The molecule has 6 heteroatoms. The lowest BCUT2D eigenvalue weighted by molar-refractivity contribution is -0.125. The molecule has 0 fully saturated rings. The Kier molecular flexibility index (Phi) is 4.93. The largest absolute Gasteiger partial charge is 0.493 e. The van der Waals surface area contributed by atoms with E-state index in [2.05, 4.69) is 5.32 Å². The average molecular weight is 371 g/mol. The maximum absolute atomic E-state index is 12.2. The molecule has 1 atom stereocenters. The third kappa shape index (κ3) is 3.60. The van der Waals surface area contributed by atoms with Crippen LogP contribution in [0.1, 0.15) is 51.0 Å². The van der Waals surface area contributed by atoms with E-state index in [0.29, 0.717) is 17.9 Å². The average Bonchev–Trinajstić information content (AvgIpc) is 3.11. The minimum atomic E-state index is -0.410. The molecule has 0 spiro atoms. The highest BCUT2D eigenvalue weighted by molar-refractivity contribution is 7.14. The highest BCUT2D eigenvalue weighted by Crippen LogP contribution is 2.32. The van der Waals surface area contributed by atoms with Crippen LogP contribution in [-0.4, -0.2) is 25.1 Å². The first-order valence-corrected chi connectivity index (χ1v) is 9.82. The topological polar surface area (TPSA) is 64.6 Å². The zero-order valence-corrected chi connectivity index (χ0v) is 15.3. The van der Waals surface area contributed by atoms with Crippen molar-refractivity contribution in [1.29, 1.82) is 0 Å². The maximum Gasteiger partial charge on any atom is 0.348 e. The van der Waals surface area contributed by atoms with E-state index in [1.807, 2.05) is 30.3 Å². The van der Waals surface area contributed by atoms with Crippen LogP contribution in [0.5, 0.6) is 5.75 Å². The molecule has 0 saturated heterocycles. The Morgan fingerprint density at radius 2 is 2.08 bits per heavy atom. The van der Waals surface area contributed by atoms with Gasteiger partial charge in [0.05, 0.1) is 12.6 Å². The van der Waals surface area contributed by atoms with Gasteiger partial charge in [-0.3, -0.25) is 4.79 Å². The van der Waals surface area contributed by atoms with E-state index >= 15 is 0 Å². The lowest BCUT2D eigenvalue weighted by Crippen LogP contribution is -2.35. The van der Waals surface area contributed by atoms with Gasteiger partial charge in [0.25, 0.3) is 5.91 Å². The lowest BCUT2D eigenvalue weighted by Gasteiger charge is -2.26. The molecule has 1 N–H and O–H groups in total. The van der Waals surface area contributed by atoms with E-state index in [1.54, 1.807) is 0 Å². The Balaban J connectivity index is 1.33. The standard InChI is InChI=1S/C20H21NO4S/c22-19(21-15-9-10-24-16-7-3-2-6-14(15)16)12-25-20(23)18-11-13-5-1-4-8-17(13)26-18/h2-3,6-7,11,15H,1,4-5,8-10,12H2,(H,21,22). The summed E-state index contributed by atoms with van der Waals surface area (Å²) in [7, 11) is 0. The van der Waals surface area contributed by atoms with Gasteiger partial charge in [0, 0.05) is 16.9 Å². The number of amides is 1. The third-order valence-electron chi connectivity index (χ3n) is 4.83. The van der Waals surface area contributed by atoms with Crippen LogP contribution in [0.4, 0.5) is 0 Å². The van der Waals surface area contributed by atoms with E-state index in [1.165, 1.54) is 34.6 Å². The summed E-state index contributed by atoms with van der Waals surface area (Å²) < 4.78 is 10.8. The molecule has 0 bridgehead atoms. The quantitative estimate of drug-likeness (QED) is 0.837. The number of esters is 1. The second-order valence-electron chi connectivity index (χ2n) is 6.64. The third-order valence-corrected chi connectivity index (χ3v) is 6.04. The van der Waals surface area contributed by atoms with Gasteiger partial charge in [-0.25, -0.2) is 4.79 Å². The number of aryl methyl sites for hydroxylation is 2. The van der Waals surface area contributed by atoms with E-state index in [9.17, 15) is 9.59 Å². The number of hydrogen-bond acceptors (Lipinski definition) is 5. The first kappa shape index (κ1) is 17.1. The SMILES string of the molecule is O=C(COC(=O)c1cc2c(s1)CCCC2)NC1CCOc2ccccc21. The van der Waals surface area contributed by atoms with E-state index in [-0.39, 0.29) is 18.6 Å². The molecule has 5 nitrogen and oxygen atoms in total. The highest BCUT2D eigenvalue weighted by atomic mass is 32.1. The van der Waals surface area contributed by atoms with E-state index in [0.717, 1.165) is 24.2 Å². The van der Waals surface area contributed by atoms with Crippen molar-refractivity contribution in [3.05, 3.63) is 51.2 Å². The molecule has 1 aromatic heterocycles. The van der Waals surface area contributed by atoms with Crippen LogP contribution in [0.3, 0.4) is 0 Å². The fourth-order valence-corrected chi connectivity index (χ4v) is 4.67. The minimum Gasteiger partial charge on any atom is -0.493 e. The van der Waals surface area contributed by atoms with Gasteiger partial charge in [0.1, 0.15) is 10.6 Å². The number of rotatable bonds is 4. The Labute approximate surface area is 156 Å². The smallest absolute Gasteiger partial charge is 0.348 e. The molecule has 0 saturated carbocycles. The number of ether oxygens (including phenoxy) is 2. The molecule has 1 aromatic carbocycles. The minimum absolute atomic E-state index is 0.111. The molecule has 0 radical (unpaired) electrons. The summed E-state index contributed by atoms with van der Waals surface area (Å²) in [6.07, 6.45) is 5.12. The second kappa shape index (κ2) is 7.50. The van der Waals surface area contributed by atoms with Crippen molar-refractivity contribution >= 4 is 23.2 Å². The number of benzene rings is 1. The maximum atomic E-state index is 12.2. The van der Waals surface area contributed by atoms with Crippen LogP contribution < -0.4 is 10.1 Å². The number of carbonyl (C=O) groups is 2. The first-order valence-electron chi connectivity index (χ1n) is 9.00. The summed E-state index contributed by atoms with van der Waals surface area (Å²) in [5.41, 5.74) is 2.22. The van der Waals surface area contributed by atoms with E-state index in [4.69, 9.17) is 9.47 Å². The molecular weight excluding hydrogens is 350 g/mol. The van der Waals surface area contributed by atoms with E-state index < -0.39 is 5.97 Å². The second-order valence-corrected chi connectivity index (χ2v) is 7.77. The summed E-state index contributed by atoms with van der Waals surface area (Å²) in [6.45, 7) is 0.295. The number of thiophene rings is 1. The lowest BCUT2D eigenvalue weighted by atomic mass is 9.99. The monoisotopic (exact) mass is 371 g/mol. The van der Waals surface area contributed by atoms with Crippen molar-refractivity contribution in [2.45, 2.75) is 38.1 Å². The summed E-state index contributed by atoms with van der Waals surface area (Å²) in [5.74, 6) is 0.0958. The van der Waals surface area contributed by atoms with Crippen molar-refractivity contribution in [3.8, 4) is 5.75 Å². The Hall–Kier alpha value is -2.34. The fraction of sp³-hybridized carbons (Fsp3) is 0.400. The molecule has 4 rings (SSSR count). The fourth-order valence-electron chi connectivity index (χ4n) is 3.52. The molecule has 2 aromatic rings. The normalized spacial score (nSPS) is 18.2. The number of hydrogen-bond donors (Lipinski definition) is 1. The molecular formula is C20H21NO4S. The Morgan fingerprint density at radius 3 is 2.96 bits per heavy atom. The van der Waals surface area contributed by atoms with Gasteiger partial charge < -0.3 is 14.8 Å². The van der Waals surface area contributed by atoms with Crippen LogP contribution in [0, 0.1) is 0 Å². The van der Waals surface area contributed by atoms with Gasteiger partial charge in [-0.1, -0.05) is 18.2 Å². The number of carbonyl (C=O) groups excluding carboxylic acids is 2. The van der Waals surface area contributed by atoms with Gasteiger partial charge in [0.2, 0.25) is 0 Å². The summed E-state index contributed by atoms with van der Waals surface area (Å²) >= 11 is 1.50. The summed E-state index contributed by atoms with van der Waals surface area (Å²) in [5, 5.41) is 2.94. The predicted molar refractivity (Wildman–Crippen MR) is 98.7 cm³/mol. The van der Waals surface area contributed by atoms with Crippen LogP contribution in [0.15, 0.2) is 30.3 Å². The van der Waals surface area contributed by atoms with Gasteiger partial charge in [-0.05, 0) is 43.4 Å². The molecule has 2 aliphatic rings. The molecule has 26 heavy (non-hydrogen) atoms. The molecule has 1 amide bonds. The number of nitrogens with one attached hydrogen (secondary N) is 1. The van der Waals surface area contributed by atoms with Crippen LogP contribution in [0.2, 0.25) is 0 Å². The van der Waals surface area contributed by atoms with Crippen molar-refractivity contribution in [3.63, 3.8) is 0 Å². The van der Waals surface area contributed by atoms with Gasteiger partial charge >= 0.3 is 5.97 Å². The summed E-state index contributed by atoms with van der Waals surface area (Å²) in [6, 6.07) is 9.48. The first-order chi connectivity index (χ1) is 12.7. The van der Waals surface area contributed by atoms with Crippen molar-refractivity contribution < 1.29 is 19.1 Å². The van der Waals surface area contributed by atoms with Crippen LogP contribution >= 0.6 is 11.3 Å². The zero-order chi connectivity index (χ0) is 17.9. The van der Waals surface area contributed by atoms with Gasteiger partial charge in [-0.2, -0.15) is 0 Å². The van der Waals surface area contributed by atoms with Gasteiger partial charge in [0.15, 0.2) is 6.61 Å². The van der Waals surface area contributed by atoms with Gasteiger partial charge in [-0.15, -0.1) is 11.3 Å². The molecule has 2 heterocycles. The van der Waals surface area contributed by atoms with Crippen molar-refractivity contribution in [2.24, 2.45) is 0 Å². The summed E-state index contributed by atoms with van der Waals surface area (Å²) in [4.78, 5) is 26.4. The van der Waals surface area contributed by atoms with Crippen molar-refractivity contribution in [2.75, 3.05) is 13.2 Å². The number of para-hydroxylation sites is 1. The highest BCUT2D eigenvalue weighted by Gasteiger charge is 2.24. The zero-order valence-electron chi connectivity index (χ0n) is 14.5. The Morgan fingerprint density at radius 1 is 1.23 bits per heavy atom. The molecule has 1 aliphatic heterocycles. The molecule has 1 unspecified atom stereocenters. The van der Waals surface area contributed by atoms with Crippen LogP contribution in [-0.2, 0) is 22.4 Å². The predicted octanol–water partition coefficient (Wildman–Crippen LogP) is 3.42. The van der Waals surface area contributed by atoms with Crippen molar-refractivity contribution in [1.82, 2.24) is 5.32 Å². The Bertz CT molecular complexity index is 805. The van der Waals surface area contributed by atoms with Crippen LogP contribution in [0.25, 0.3) is 0 Å². The molecule has 1 aliphatic carbocycles.